The summed E-state index contributed by atoms with van der Waals surface area (Å²) in [6.07, 6.45) is 0.585. The normalized spacial score (nSPS) is 21.3. The third kappa shape index (κ3) is 3.32. The lowest BCUT2D eigenvalue weighted by molar-refractivity contribution is -0.121. The van der Waals surface area contributed by atoms with Gasteiger partial charge in [-0.3, -0.25) is 9.69 Å². The molecule has 2 aromatic rings. The van der Waals surface area contributed by atoms with Gasteiger partial charge in [-0.15, -0.1) is 11.3 Å². The molecule has 27 heavy (non-hydrogen) atoms. The number of carbonyl (C=O) groups excluding carboxylic acids is 1. The molecule has 0 aliphatic carbocycles. The molecule has 2 fully saturated rings. The molecule has 0 saturated carbocycles. The highest BCUT2D eigenvalue weighted by molar-refractivity contribution is 7.15. The number of para-hydroxylation sites is 1. The molecule has 0 radical (unpaired) electrons. The maximum absolute atomic E-state index is 14.1. The quantitative estimate of drug-likeness (QED) is 0.805. The minimum Gasteiger partial charge on any atom is -0.346 e. The predicted molar refractivity (Wildman–Crippen MR) is 102 cm³/mol. The molecule has 1 aromatic carbocycles. The first kappa shape index (κ1) is 18.3. The van der Waals surface area contributed by atoms with Crippen LogP contribution in [0.5, 0.6) is 0 Å². The molecule has 0 bridgehead atoms. The van der Waals surface area contributed by atoms with Crippen LogP contribution in [0.2, 0.25) is 0 Å². The molecular formula is C19H22F2N4OS. The lowest BCUT2D eigenvalue weighted by Crippen LogP contribution is -2.52. The van der Waals surface area contributed by atoms with E-state index in [2.05, 4.69) is 21.7 Å². The molecule has 0 spiro atoms. The Morgan fingerprint density at radius 1 is 1.07 bits per heavy atom. The number of hydrogen-bond donors (Lipinski definition) is 0. The van der Waals surface area contributed by atoms with E-state index in [4.69, 9.17) is 0 Å². The van der Waals surface area contributed by atoms with Crippen molar-refractivity contribution in [3.63, 3.8) is 0 Å². The van der Waals surface area contributed by atoms with Crippen LogP contribution in [0.4, 0.5) is 19.6 Å². The fourth-order valence-corrected chi connectivity index (χ4v) is 4.75. The molecule has 2 aliphatic rings. The van der Waals surface area contributed by atoms with Crippen molar-refractivity contribution in [3.8, 4) is 0 Å². The van der Waals surface area contributed by atoms with E-state index in [1.165, 1.54) is 28.0 Å². The van der Waals surface area contributed by atoms with Crippen LogP contribution in [0.25, 0.3) is 0 Å². The number of nitrogens with zero attached hydrogens (tertiary/aromatic N) is 4. The molecule has 8 heteroatoms. The van der Waals surface area contributed by atoms with Crippen LogP contribution in [0.15, 0.2) is 18.2 Å². The van der Waals surface area contributed by atoms with Gasteiger partial charge in [0.05, 0.1) is 11.7 Å². The molecule has 144 valence electrons. The molecular weight excluding hydrogens is 370 g/mol. The van der Waals surface area contributed by atoms with E-state index in [0.29, 0.717) is 13.0 Å². The van der Waals surface area contributed by atoms with Gasteiger partial charge in [0.1, 0.15) is 17.3 Å². The minimum absolute atomic E-state index is 0.214. The van der Waals surface area contributed by atoms with Gasteiger partial charge in [0.2, 0.25) is 5.91 Å². The number of rotatable bonds is 3. The molecule has 2 aliphatic heterocycles. The number of thiazole rings is 1. The molecule has 4 rings (SSSR count). The Kier molecular flexibility index (Phi) is 4.86. The van der Waals surface area contributed by atoms with Crippen LogP contribution < -0.4 is 9.80 Å². The monoisotopic (exact) mass is 392 g/mol. The Balaban J connectivity index is 1.43. The molecule has 2 saturated heterocycles. The van der Waals surface area contributed by atoms with Crippen LogP contribution in [0, 0.1) is 25.5 Å². The number of benzene rings is 1. The van der Waals surface area contributed by atoms with Gasteiger partial charge in [0.15, 0.2) is 5.13 Å². The summed E-state index contributed by atoms with van der Waals surface area (Å²) in [5, 5.41) is 1.03. The summed E-state index contributed by atoms with van der Waals surface area (Å²) in [6.45, 7) is 7.49. The Morgan fingerprint density at radius 3 is 2.33 bits per heavy atom. The summed E-state index contributed by atoms with van der Waals surface area (Å²) >= 11 is 1.69. The van der Waals surface area contributed by atoms with Crippen LogP contribution in [0.1, 0.15) is 17.0 Å². The molecule has 1 aromatic heterocycles. The zero-order valence-corrected chi connectivity index (χ0v) is 16.2. The number of aryl methyl sites for hydroxylation is 2. The Labute approximate surface area is 161 Å². The third-order valence-electron chi connectivity index (χ3n) is 5.43. The zero-order chi connectivity index (χ0) is 19.1. The van der Waals surface area contributed by atoms with Crippen molar-refractivity contribution >= 4 is 28.1 Å². The molecule has 3 heterocycles. The summed E-state index contributed by atoms with van der Waals surface area (Å²) in [5.74, 6) is -1.60. The van der Waals surface area contributed by atoms with Crippen molar-refractivity contribution in [2.45, 2.75) is 26.3 Å². The third-order valence-corrected chi connectivity index (χ3v) is 6.56. The van der Waals surface area contributed by atoms with Crippen molar-refractivity contribution in [2.24, 2.45) is 0 Å². The number of halogens is 2. The number of amides is 1. The van der Waals surface area contributed by atoms with Gasteiger partial charge in [-0.2, -0.15) is 0 Å². The lowest BCUT2D eigenvalue weighted by atomic mass is 10.2. The van der Waals surface area contributed by atoms with Crippen molar-refractivity contribution in [3.05, 3.63) is 40.4 Å². The lowest BCUT2D eigenvalue weighted by Gasteiger charge is -2.37. The van der Waals surface area contributed by atoms with E-state index < -0.39 is 11.6 Å². The second kappa shape index (κ2) is 7.16. The number of carbonyl (C=O) groups is 1. The van der Waals surface area contributed by atoms with Crippen LogP contribution in [0.3, 0.4) is 0 Å². The average molecular weight is 392 g/mol. The van der Waals surface area contributed by atoms with Crippen LogP contribution in [-0.2, 0) is 4.79 Å². The largest absolute Gasteiger partial charge is 0.346 e. The predicted octanol–water partition coefficient (Wildman–Crippen LogP) is 2.97. The first-order chi connectivity index (χ1) is 13.0. The summed E-state index contributed by atoms with van der Waals surface area (Å²) in [5.41, 5.74) is 0.836. The Bertz CT molecular complexity index is 824. The summed E-state index contributed by atoms with van der Waals surface area (Å²) < 4.78 is 28.1. The van der Waals surface area contributed by atoms with Crippen molar-refractivity contribution < 1.29 is 13.6 Å². The van der Waals surface area contributed by atoms with Gasteiger partial charge in [-0.1, -0.05) is 6.07 Å². The summed E-state index contributed by atoms with van der Waals surface area (Å²) in [6, 6.07) is 3.38. The van der Waals surface area contributed by atoms with Crippen LogP contribution >= 0.6 is 11.3 Å². The second-order valence-electron chi connectivity index (χ2n) is 7.03. The first-order valence-electron chi connectivity index (χ1n) is 9.14. The van der Waals surface area contributed by atoms with Gasteiger partial charge in [-0.05, 0) is 32.4 Å². The summed E-state index contributed by atoms with van der Waals surface area (Å²) in [4.78, 5) is 24.3. The highest BCUT2D eigenvalue weighted by Crippen LogP contribution is 2.31. The molecule has 1 amide bonds. The molecule has 0 N–H and O–H groups in total. The highest BCUT2D eigenvalue weighted by Gasteiger charge is 2.39. The maximum atomic E-state index is 14.1. The fraction of sp³-hybridized carbons (Fsp3) is 0.474. The number of aromatic nitrogens is 1. The maximum Gasteiger partial charge on any atom is 0.244 e. The molecule has 1 unspecified atom stereocenters. The standard InChI is InChI=1S/C19H22F2N4OS/c1-12-13(2)27-19(22-12)24-10-8-23(9-11-24)16-6-7-25(18(16)26)17-14(20)4-3-5-15(17)21/h3-5,16H,6-11H2,1-2H3. The van der Waals surface area contributed by atoms with E-state index in [1.807, 2.05) is 6.92 Å². The highest BCUT2D eigenvalue weighted by atomic mass is 32.1. The van der Waals surface area contributed by atoms with E-state index in [1.54, 1.807) is 11.3 Å². The number of hydrogen-bond acceptors (Lipinski definition) is 5. The Morgan fingerprint density at radius 2 is 1.74 bits per heavy atom. The average Bonchev–Trinajstić information content (AvgIpc) is 3.18. The summed E-state index contributed by atoms with van der Waals surface area (Å²) in [7, 11) is 0. The van der Waals surface area contributed by atoms with Crippen molar-refractivity contribution in [2.75, 3.05) is 42.5 Å². The van der Waals surface area contributed by atoms with Gasteiger partial charge in [0.25, 0.3) is 0 Å². The van der Waals surface area contributed by atoms with Gasteiger partial charge >= 0.3 is 0 Å². The molecule has 5 nitrogen and oxygen atoms in total. The van der Waals surface area contributed by atoms with E-state index in [0.717, 1.165) is 37.0 Å². The smallest absolute Gasteiger partial charge is 0.244 e. The van der Waals surface area contributed by atoms with Crippen LogP contribution in [-0.4, -0.2) is 54.6 Å². The second-order valence-corrected chi connectivity index (χ2v) is 8.21. The van der Waals surface area contributed by atoms with Gasteiger partial charge < -0.3 is 9.80 Å². The van der Waals surface area contributed by atoms with E-state index in [-0.39, 0.29) is 17.6 Å². The van der Waals surface area contributed by atoms with Gasteiger partial charge in [-0.25, -0.2) is 13.8 Å². The molecule has 1 atom stereocenters. The topological polar surface area (TPSA) is 39.7 Å². The number of anilines is 2. The Hall–Kier alpha value is -2.06. The van der Waals surface area contributed by atoms with E-state index in [9.17, 15) is 13.6 Å². The van der Waals surface area contributed by atoms with Crippen molar-refractivity contribution in [1.29, 1.82) is 0 Å². The van der Waals surface area contributed by atoms with Crippen molar-refractivity contribution in [1.82, 2.24) is 9.88 Å². The number of piperazine rings is 1. The minimum atomic E-state index is -0.691. The zero-order valence-electron chi connectivity index (χ0n) is 15.4. The van der Waals surface area contributed by atoms with Gasteiger partial charge in [0, 0.05) is 37.6 Å². The first-order valence-corrected chi connectivity index (χ1v) is 9.96. The SMILES string of the molecule is Cc1nc(N2CCN(C3CCN(c4c(F)cccc4F)C3=O)CC2)sc1C. The fourth-order valence-electron chi connectivity index (χ4n) is 3.79. The van der Waals surface area contributed by atoms with E-state index >= 15 is 0 Å².